The van der Waals surface area contributed by atoms with E-state index in [-0.39, 0.29) is 44.5 Å². The Kier molecular flexibility index (Phi) is 12.3. The quantitative estimate of drug-likeness (QED) is 0.141. The SMILES string of the molecule is Cc1ccc(CC(O)CCc2ccccc2C(=O)N(CCO)C(C)(C)c2ccccc2)c(C(=O)N(CCO)C(C)(C)c2ccccc2)c1. The maximum absolute atomic E-state index is 14.2. The van der Waals surface area contributed by atoms with Gasteiger partial charge in [-0.2, -0.15) is 0 Å². The minimum Gasteiger partial charge on any atom is -0.395 e. The summed E-state index contributed by atoms with van der Waals surface area (Å²) in [5.41, 5.74) is 4.08. The van der Waals surface area contributed by atoms with Crippen molar-refractivity contribution < 1.29 is 24.9 Å². The van der Waals surface area contributed by atoms with Crippen molar-refractivity contribution in [1.82, 2.24) is 9.80 Å². The fourth-order valence-corrected chi connectivity index (χ4v) is 6.46. The molecule has 0 aliphatic carbocycles. The van der Waals surface area contributed by atoms with Gasteiger partial charge in [0.25, 0.3) is 11.8 Å². The van der Waals surface area contributed by atoms with E-state index < -0.39 is 17.2 Å². The van der Waals surface area contributed by atoms with Crippen molar-refractivity contribution >= 4 is 11.8 Å². The van der Waals surface area contributed by atoms with Crippen LogP contribution in [-0.2, 0) is 23.9 Å². The molecule has 1 unspecified atom stereocenters. The predicted octanol–water partition coefficient (Wildman–Crippen LogP) is 6.27. The highest BCUT2D eigenvalue weighted by atomic mass is 16.3. The summed E-state index contributed by atoms with van der Waals surface area (Å²) in [5.74, 6) is -0.385. The Morgan fingerprint density at radius 2 is 1.12 bits per heavy atom. The van der Waals surface area contributed by atoms with Gasteiger partial charge in [0.1, 0.15) is 0 Å². The van der Waals surface area contributed by atoms with Crippen LogP contribution in [0.3, 0.4) is 0 Å². The highest BCUT2D eigenvalue weighted by molar-refractivity contribution is 5.97. The smallest absolute Gasteiger partial charge is 0.254 e. The molecule has 0 aromatic heterocycles. The van der Waals surface area contributed by atoms with Gasteiger partial charge in [-0.1, -0.05) is 96.6 Å². The van der Waals surface area contributed by atoms with Crippen molar-refractivity contribution in [2.45, 2.75) is 71.1 Å². The first-order valence-electron chi connectivity index (χ1n) is 16.7. The molecule has 0 radical (unpaired) electrons. The molecule has 0 fully saturated rings. The maximum Gasteiger partial charge on any atom is 0.254 e. The standard InChI is InChI=1S/C41H50N2O5/c1-30-20-21-32(37(28-30)39(48)43(25-27-45)41(4,5)34-17-10-7-11-18-34)29-35(46)23-22-31-14-12-13-19-36(31)38(47)42(24-26-44)40(2,3)33-15-8-6-9-16-33/h6-21,28,35,44-46H,22-27,29H2,1-5H3. The van der Waals surface area contributed by atoms with Crippen LogP contribution in [0.25, 0.3) is 0 Å². The number of amides is 2. The number of aliphatic hydroxyl groups is 3. The zero-order chi connectivity index (χ0) is 34.9. The second kappa shape index (κ2) is 16.2. The molecule has 48 heavy (non-hydrogen) atoms. The minimum absolute atomic E-state index is 0.163. The van der Waals surface area contributed by atoms with Gasteiger partial charge in [-0.25, -0.2) is 0 Å². The van der Waals surface area contributed by atoms with Crippen LogP contribution >= 0.6 is 0 Å². The summed E-state index contributed by atoms with van der Waals surface area (Å²) in [6.45, 7) is 9.83. The molecule has 254 valence electrons. The van der Waals surface area contributed by atoms with E-state index in [0.717, 1.165) is 27.8 Å². The van der Waals surface area contributed by atoms with E-state index in [2.05, 4.69) is 0 Å². The van der Waals surface area contributed by atoms with Crippen LogP contribution in [0.4, 0.5) is 0 Å². The molecule has 4 aromatic carbocycles. The van der Waals surface area contributed by atoms with Gasteiger partial charge in [-0.05, 0) is 88.3 Å². The van der Waals surface area contributed by atoms with Crippen LogP contribution < -0.4 is 0 Å². The van der Waals surface area contributed by atoms with Gasteiger partial charge in [0.2, 0.25) is 0 Å². The van der Waals surface area contributed by atoms with Crippen molar-refractivity contribution in [3.05, 3.63) is 142 Å². The molecule has 7 heteroatoms. The van der Waals surface area contributed by atoms with E-state index in [9.17, 15) is 24.9 Å². The number of hydrogen-bond donors (Lipinski definition) is 3. The Morgan fingerprint density at radius 3 is 1.65 bits per heavy atom. The monoisotopic (exact) mass is 650 g/mol. The summed E-state index contributed by atoms with van der Waals surface area (Å²) in [6, 6.07) is 32.7. The molecule has 4 aromatic rings. The van der Waals surface area contributed by atoms with Crippen molar-refractivity contribution in [3.63, 3.8) is 0 Å². The Hall–Kier alpha value is -4.30. The molecular formula is C41H50N2O5. The number of hydrogen-bond acceptors (Lipinski definition) is 5. The summed E-state index contributed by atoms with van der Waals surface area (Å²) >= 11 is 0. The van der Waals surface area contributed by atoms with E-state index >= 15 is 0 Å². The van der Waals surface area contributed by atoms with Crippen molar-refractivity contribution in [1.29, 1.82) is 0 Å². The molecular weight excluding hydrogens is 600 g/mol. The largest absolute Gasteiger partial charge is 0.395 e. The van der Waals surface area contributed by atoms with Crippen LogP contribution in [-0.4, -0.2) is 69.3 Å². The van der Waals surface area contributed by atoms with E-state index in [0.29, 0.717) is 24.0 Å². The van der Waals surface area contributed by atoms with Gasteiger partial charge in [-0.3, -0.25) is 9.59 Å². The van der Waals surface area contributed by atoms with Crippen LogP contribution in [0.2, 0.25) is 0 Å². The molecule has 0 aliphatic heterocycles. The van der Waals surface area contributed by atoms with E-state index in [1.165, 1.54) is 0 Å². The number of aliphatic hydroxyl groups excluding tert-OH is 3. The first-order chi connectivity index (χ1) is 22.9. The fraction of sp³-hybridized carbons (Fsp3) is 0.366. The van der Waals surface area contributed by atoms with Gasteiger partial charge in [0.05, 0.1) is 30.4 Å². The third kappa shape index (κ3) is 8.40. The lowest BCUT2D eigenvalue weighted by Crippen LogP contribution is -2.47. The van der Waals surface area contributed by atoms with E-state index in [1.807, 2.05) is 132 Å². The number of aryl methyl sites for hydroxylation is 2. The molecule has 0 bridgehead atoms. The Bertz CT molecular complexity index is 1650. The summed E-state index contributed by atoms with van der Waals surface area (Å²) in [5, 5.41) is 31.2. The molecule has 0 saturated heterocycles. The fourth-order valence-electron chi connectivity index (χ4n) is 6.46. The van der Waals surface area contributed by atoms with Crippen LogP contribution in [0.1, 0.15) is 82.6 Å². The molecule has 0 saturated carbocycles. The topological polar surface area (TPSA) is 101 Å². The number of benzene rings is 4. The molecule has 2 amide bonds. The molecule has 0 heterocycles. The molecule has 3 N–H and O–H groups in total. The van der Waals surface area contributed by atoms with E-state index in [4.69, 9.17) is 0 Å². The highest BCUT2D eigenvalue weighted by Crippen LogP contribution is 2.32. The maximum atomic E-state index is 14.2. The Balaban J connectivity index is 1.54. The number of rotatable bonds is 15. The normalized spacial score (nSPS) is 12.4. The van der Waals surface area contributed by atoms with Gasteiger partial charge in [0.15, 0.2) is 0 Å². The summed E-state index contributed by atoms with van der Waals surface area (Å²) < 4.78 is 0. The summed E-state index contributed by atoms with van der Waals surface area (Å²) in [7, 11) is 0. The third-order valence-electron chi connectivity index (χ3n) is 9.39. The zero-order valence-corrected chi connectivity index (χ0v) is 28.9. The lowest BCUT2D eigenvalue weighted by atomic mass is 9.89. The molecule has 7 nitrogen and oxygen atoms in total. The molecule has 4 rings (SSSR count). The van der Waals surface area contributed by atoms with Crippen LogP contribution in [0, 0.1) is 6.92 Å². The van der Waals surface area contributed by atoms with Crippen molar-refractivity contribution in [2.24, 2.45) is 0 Å². The Morgan fingerprint density at radius 1 is 0.646 bits per heavy atom. The van der Waals surface area contributed by atoms with E-state index in [1.54, 1.807) is 15.9 Å². The number of carbonyl (C=O) groups is 2. The third-order valence-corrected chi connectivity index (χ3v) is 9.39. The Labute approximate surface area is 285 Å². The summed E-state index contributed by atoms with van der Waals surface area (Å²) in [6.07, 6.45) is 0.317. The lowest BCUT2D eigenvalue weighted by Gasteiger charge is -2.39. The average molecular weight is 651 g/mol. The number of carbonyl (C=O) groups excluding carboxylic acids is 2. The van der Waals surface area contributed by atoms with Gasteiger partial charge >= 0.3 is 0 Å². The number of nitrogens with zero attached hydrogens (tertiary/aromatic N) is 2. The summed E-state index contributed by atoms with van der Waals surface area (Å²) in [4.78, 5) is 31.6. The lowest BCUT2D eigenvalue weighted by molar-refractivity contribution is 0.0472. The average Bonchev–Trinajstić information content (AvgIpc) is 3.09. The van der Waals surface area contributed by atoms with Gasteiger partial charge in [0, 0.05) is 24.2 Å². The van der Waals surface area contributed by atoms with Crippen molar-refractivity contribution in [2.75, 3.05) is 26.3 Å². The first kappa shape index (κ1) is 36.5. The molecule has 0 aliphatic rings. The van der Waals surface area contributed by atoms with Crippen LogP contribution in [0.15, 0.2) is 103 Å². The van der Waals surface area contributed by atoms with Crippen molar-refractivity contribution in [3.8, 4) is 0 Å². The second-order valence-corrected chi connectivity index (χ2v) is 13.4. The highest BCUT2D eigenvalue weighted by Gasteiger charge is 2.35. The molecule has 1 atom stereocenters. The minimum atomic E-state index is -0.773. The van der Waals surface area contributed by atoms with Gasteiger partial charge < -0.3 is 25.1 Å². The van der Waals surface area contributed by atoms with Crippen LogP contribution in [0.5, 0.6) is 0 Å². The predicted molar refractivity (Wildman–Crippen MR) is 191 cm³/mol. The zero-order valence-electron chi connectivity index (χ0n) is 28.9. The van der Waals surface area contributed by atoms with Gasteiger partial charge in [-0.15, -0.1) is 0 Å². The second-order valence-electron chi connectivity index (χ2n) is 13.4. The molecule has 0 spiro atoms. The first-order valence-corrected chi connectivity index (χ1v) is 16.7.